The van der Waals surface area contributed by atoms with Gasteiger partial charge in [0.15, 0.2) is 11.6 Å². The number of hydrogen-bond acceptors (Lipinski definition) is 5. The van der Waals surface area contributed by atoms with Crippen molar-refractivity contribution in [2.24, 2.45) is 0 Å². The molecule has 33 heavy (non-hydrogen) atoms. The highest BCUT2D eigenvalue weighted by Gasteiger charge is 2.28. The summed E-state index contributed by atoms with van der Waals surface area (Å²) >= 11 is 0. The lowest BCUT2D eigenvalue weighted by Crippen LogP contribution is -2.33. The Hall–Kier alpha value is -3.34. The third kappa shape index (κ3) is 5.19. The van der Waals surface area contributed by atoms with Crippen LogP contribution in [0.1, 0.15) is 26.3 Å². The first-order valence-electron chi connectivity index (χ1n) is 9.77. The Morgan fingerprint density at radius 3 is 2.48 bits per heavy atom. The van der Waals surface area contributed by atoms with Gasteiger partial charge in [0, 0.05) is 19.4 Å². The van der Waals surface area contributed by atoms with Crippen molar-refractivity contribution in [1.82, 2.24) is 13.9 Å². The van der Waals surface area contributed by atoms with Crippen molar-refractivity contribution in [3.63, 3.8) is 0 Å². The number of halogens is 3. The molecule has 11 heteroatoms. The van der Waals surface area contributed by atoms with Gasteiger partial charge in [-0.15, -0.1) is 0 Å². The summed E-state index contributed by atoms with van der Waals surface area (Å²) in [5, 5.41) is 0. The normalized spacial score (nSPS) is 12.0. The lowest BCUT2D eigenvalue weighted by atomic mass is 10.2. The van der Waals surface area contributed by atoms with Crippen molar-refractivity contribution < 1.29 is 31.1 Å². The predicted molar refractivity (Wildman–Crippen MR) is 114 cm³/mol. The maximum Gasteiger partial charge on any atom is 0.410 e. The van der Waals surface area contributed by atoms with Gasteiger partial charge in [-0.2, -0.15) is 4.39 Å². The maximum absolute atomic E-state index is 14.4. The zero-order chi connectivity index (χ0) is 24.6. The van der Waals surface area contributed by atoms with E-state index in [1.165, 1.54) is 36.3 Å². The summed E-state index contributed by atoms with van der Waals surface area (Å²) in [6.07, 6.45) is 1.63. The average Bonchev–Trinajstić information content (AvgIpc) is 3.13. The van der Waals surface area contributed by atoms with Gasteiger partial charge in [0.2, 0.25) is 5.95 Å². The first kappa shape index (κ1) is 24.3. The molecule has 0 aliphatic heterocycles. The molecule has 7 nitrogen and oxygen atoms in total. The number of benzene rings is 1. The highest BCUT2D eigenvalue weighted by Crippen LogP contribution is 2.30. The molecule has 0 unspecified atom stereocenters. The van der Waals surface area contributed by atoms with Crippen LogP contribution in [0.5, 0.6) is 0 Å². The van der Waals surface area contributed by atoms with Gasteiger partial charge in [-0.3, -0.25) is 0 Å². The SMILES string of the molecule is CN(Cc1cc(-c2cccnc2F)n(S(=O)(=O)c2cccc(F)c2F)c1)C(=O)OC(C)(C)C. The van der Waals surface area contributed by atoms with E-state index in [-0.39, 0.29) is 23.4 Å². The van der Waals surface area contributed by atoms with Gasteiger partial charge in [0.25, 0.3) is 10.0 Å². The van der Waals surface area contributed by atoms with Crippen LogP contribution in [0.2, 0.25) is 0 Å². The first-order chi connectivity index (χ1) is 15.3. The Morgan fingerprint density at radius 2 is 1.85 bits per heavy atom. The van der Waals surface area contributed by atoms with Crippen molar-refractivity contribution >= 4 is 16.1 Å². The summed E-state index contributed by atoms with van der Waals surface area (Å²) in [6.45, 7) is 4.98. The molecule has 3 aromatic rings. The average molecular weight is 481 g/mol. The number of aromatic nitrogens is 2. The molecule has 1 aromatic carbocycles. The zero-order valence-electron chi connectivity index (χ0n) is 18.3. The zero-order valence-corrected chi connectivity index (χ0v) is 19.2. The van der Waals surface area contributed by atoms with E-state index in [0.29, 0.717) is 3.97 Å². The van der Waals surface area contributed by atoms with Gasteiger partial charge < -0.3 is 9.64 Å². The Balaban J connectivity index is 2.11. The minimum absolute atomic E-state index is 0.0993. The molecular formula is C22H22F3N3O4S. The summed E-state index contributed by atoms with van der Waals surface area (Å²) in [7, 11) is -3.24. The monoisotopic (exact) mass is 481 g/mol. The molecule has 0 aliphatic carbocycles. The van der Waals surface area contributed by atoms with Crippen LogP contribution in [0.15, 0.2) is 53.7 Å². The molecule has 0 aliphatic rings. The number of pyridine rings is 1. The molecule has 0 atom stereocenters. The molecule has 0 saturated heterocycles. The third-order valence-corrected chi connectivity index (χ3v) is 6.15. The number of rotatable bonds is 5. The Kier molecular flexibility index (Phi) is 6.55. The molecule has 0 bridgehead atoms. The predicted octanol–water partition coefficient (Wildman–Crippen LogP) is 4.57. The van der Waals surface area contributed by atoms with E-state index < -0.39 is 44.2 Å². The molecule has 0 fully saturated rings. The Bertz CT molecular complexity index is 1300. The number of amides is 1. The van der Waals surface area contributed by atoms with Crippen molar-refractivity contribution in [3.05, 3.63) is 71.9 Å². The Labute approximate surface area is 189 Å². The molecule has 0 N–H and O–H groups in total. The number of carbonyl (C=O) groups excluding carboxylic acids is 1. The third-order valence-electron chi connectivity index (χ3n) is 4.46. The summed E-state index contributed by atoms with van der Waals surface area (Å²) in [4.78, 5) is 16.1. The molecule has 2 aromatic heterocycles. The maximum atomic E-state index is 14.4. The van der Waals surface area contributed by atoms with E-state index in [0.717, 1.165) is 24.4 Å². The number of carbonyl (C=O) groups is 1. The van der Waals surface area contributed by atoms with E-state index in [4.69, 9.17) is 4.74 Å². The molecule has 2 heterocycles. The minimum Gasteiger partial charge on any atom is -0.444 e. The summed E-state index contributed by atoms with van der Waals surface area (Å²) < 4.78 is 74.9. The van der Waals surface area contributed by atoms with Crippen molar-refractivity contribution in [1.29, 1.82) is 0 Å². The lowest BCUT2D eigenvalue weighted by molar-refractivity contribution is 0.0285. The minimum atomic E-state index is -4.68. The highest BCUT2D eigenvalue weighted by atomic mass is 32.2. The van der Waals surface area contributed by atoms with Crippen molar-refractivity contribution in [2.45, 2.75) is 37.8 Å². The van der Waals surface area contributed by atoms with Crippen LogP contribution in [0.3, 0.4) is 0 Å². The lowest BCUT2D eigenvalue weighted by Gasteiger charge is -2.24. The van der Waals surface area contributed by atoms with E-state index in [9.17, 15) is 26.4 Å². The second-order valence-corrected chi connectivity index (χ2v) is 10.0. The van der Waals surface area contributed by atoms with Crippen LogP contribution in [-0.4, -0.2) is 41.0 Å². The van der Waals surface area contributed by atoms with Crippen LogP contribution in [-0.2, 0) is 21.3 Å². The van der Waals surface area contributed by atoms with E-state index in [1.807, 2.05) is 0 Å². The van der Waals surface area contributed by atoms with E-state index in [2.05, 4.69) is 4.98 Å². The van der Waals surface area contributed by atoms with Crippen LogP contribution >= 0.6 is 0 Å². The topological polar surface area (TPSA) is 81.5 Å². The summed E-state index contributed by atoms with van der Waals surface area (Å²) in [5.74, 6) is -3.86. The quantitative estimate of drug-likeness (QED) is 0.499. The fourth-order valence-electron chi connectivity index (χ4n) is 3.02. The standard InChI is InChI=1S/C22H22F3N3O4S/c1-22(2,3)32-21(29)27(4)12-14-11-17(15-7-6-10-26-20(15)25)28(13-14)33(30,31)18-9-5-8-16(23)19(18)24/h5-11,13H,12H2,1-4H3. The van der Waals surface area contributed by atoms with Gasteiger partial charge in [-0.1, -0.05) is 6.07 Å². The van der Waals surface area contributed by atoms with Gasteiger partial charge >= 0.3 is 6.09 Å². The van der Waals surface area contributed by atoms with E-state index >= 15 is 0 Å². The Morgan fingerprint density at radius 1 is 1.15 bits per heavy atom. The first-order valence-corrected chi connectivity index (χ1v) is 11.2. The number of nitrogens with zero attached hydrogens (tertiary/aromatic N) is 3. The fraction of sp³-hybridized carbons (Fsp3) is 0.273. The van der Waals surface area contributed by atoms with Gasteiger partial charge in [0.05, 0.1) is 17.8 Å². The second kappa shape index (κ2) is 8.89. The van der Waals surface area contributed by atoms with Crippen molar-refractivity contribution in [2.75, 3.05) is 7.05 Å². The van der Waals surface area contributed by atoms with Crippen LogP contribution in [0, 0.1) is 17.6 Å². The molecule has 176 valence electrons. The number of hydrogen-bond donors (Lipinski definition) is 0. The van der Waals surface area contributed by atoms with E-state index in [1.54, 1.807) is 20.8 Å². The van der Waals surface area contributed by atoms with Crippen LogP contribution in [0.25, 0.3) is 11.3 Å². The molecular weight excluding hydrogens is 459 g/mol. The molecule has 1 amide bonds. The van der Waals surface area contributed by atoms with Gasteiger partial charge in [-0.05, 0) is 56.7 Å². The fourth-order valence-corrected chi connectivity index (χ4v) is 4.49. The molecule has 0 radical (unpaired) electrons. The van der Waals surface area contributed by atoms with Gasteiger partial charge in [0.1, 0.15) is 10.5 Å². The molecule has 3 rings (SSSR count). The molecule has 0 spiro atoms. The van der Waals surface area contributed by atoms with Crippen molar-refractivity contribution in [3.8, 4) is 11.3 Å². The molecule has 0 saturated carbocycles. The summed E-state index contributed by atoms with van der Waals surface area (Å²) in [6, 6.07) is 6.77. The summed E-state index contributed by atoms with van der Waals surface area (Å²) in [5.41, 5.74) is -0.817. The van der Waals surface area contributed by atoms with Crippen LogP contribution < -0.4 is 0 Å². The second-order valence-electron chi connectivity index (χ2n) is 8.26. The highest BCUT2D eigenvalue weighted by molar-refractivity contribution is 7.90. The largest absolute Gasteiger partial charge is 0.444 e. The number of ether oxygens (including phenoxy) is 1. The smallest absolute Gasteiger partial charge is 0.410 e. The van der Waals surface area contributed by atoms with Gasteiger partial charge in [-0.25, -0.2) is 30.9 Å². The van der Waals surface area contributed by atoms with Crippen LogP contribution in [0.4, 0.5) is 18.0 Å².